The smallest absolute Gasteiger partial charge is 0.338 e. The normalized spacial score (nSPS) is 11.4. The van der Waals surface area contributed by atoms with Crippen molar-refractivity contribution in [2.24, 2.45) is 0 Å². The maximum atomic E-state index is 12.3. The van der Waals surface area contributed by atoms with Gasteiger partial charge in [0, 0.05) is 13.0 Å². The summed E-state index contributed by atoms with van der Waals surface area (Å²) < 4.78 is 15.5. The molecule has 160 valence electrons. The van der Waals surface area contributed by atoms with Gasteiger partial charge in [-0.1, -0.05) is 17.3 Å². The Bertz CT molecular complexity index is 1090. The van der Waals surface area contributed by atoms with E-state index in [1.807, 2.05) is 0 Å². The fourth-order valence-corrected chi connectivity index (χ4v) is 2.49. The van der Waals surface area contributed by atoms with Gasteiger partial charge in [-0.3, -0.25) is 14.9 Å². The molecule has 0 saturated carbocycles. The molecule has 11 nitrogen and oxygen atoms in total. The third-order valence-corrected chi connectivity index (χ3v) is 4.04. The van der Waals surface area contributed by atoms with E-state index in [1.54, 1.807) is 25.1 Å². The number of aryl methyl sites for hydroxylation is 1. The number of esters is 1. The average Bonchev–Trinajstić information content (AvgIpc) is 3.17. The molecule has 1 amide bonds. The molecule has 0 spiro atoms. The SMILES string of the molecule is Cc1nc(COc2ccc(C(=O)OC(C)C(=O)Nc3ccccc3[N+](=O)[O-])cc2)no1. The van der Waals surface area contributed by atoms with E-state index in [1.165, 1.54) is 37.3 Å². The highest BCUT2D eigenvalue weighted by molar-refractivity contribution is 5.98. The number of carbonyl (C=O) groups excluding carboxylic acids is 2. The Morgan fingerprint density at radius 3 is 2.55 bits per heavy atom. The summed E-state index contributed by atoms with van der Waals surface area (Å²) in [4.78, 5) is 39.0. The van der Waals surface area contributed by atoms with Gasteiger partial charge in [0.05, 0.1) is 10.5 Å². The van der Waals surface area contributed by atoms with E-state index in [0.29, 0.717) is 17.5 Å². The standard InChI is InChI=1S/C20H18N4O7/c1-12(19(25)22-16-5-3-4-6-17(16)24(27)28)30-20(26)14-7-9-15(10-8-14)29-11-18-21-13(2)31-23-18/h3-10,12H,11H2,1-2H3,(H,22,25). The number of hydrogen-bond donors (Lipinski definition) is 1. The quantitative estimate of drug-likeness (QED) is 0.326. The fourth-order valence-electron chi connectivity index (χ4n) is 2.49. The van der Waals surface area contributed by atoms with Gasteiger partial charge in [-0.25, -0.2) is 4.79 Å². The minimum atomic E-state index is -1.18. The van der Waals surface area contributed by atoms with Crippen molar-refractivity contribution in [3.8, 4) is 5.75 Å². The summed E-state index contributed by atoms with van der Waals surface area (Å²) in [6.07, 6.45) is -1.18. The molecule has 0 saturated heterocycles. The zero-order valence-electron chi connectivity index (χ0n) is 16.6. The number of nitrogens with zero attached hydrogens (tertiary/aromatic N) is 3. The first-order valence-corrected chi connectivity index (χ1v) is 9.11. The van der Waals surface area contributed by atoms with Crippen LogP contribution < -0.4 is 10.1 Å². The number of para-hydroxylation sites is 2. The number of amides is 1. The zero-order chi connectivity index (χ0) is 22.4. The van der Waals surface area contributed by atoms with Crippen LogP contribution in [0, 0.1) is 17.0 Å². The number of anilines is 1. The van der Waals surface area contributed by atoms with Crippen molar-refractivity contribution < 1.29 is 28.5 Å². The van der Waals surface area contributed by atoms with E-state index >= 15 is 0 Å². The van der Waals surface area contributed by atoms with Gasteiger partial charge in [-0.15, -0.1) is 0 Å². The Labute approximate surface area is 176 Å². The second kappa shape index (κ2) is 9.48. The minimum Gasteiger partial charge on any atom is -0.485 e. The molecule has 1 atom stereocenters. The fraction of sp³-hybridized carbons (Fsp3) is 0.200. The molecule has 11 heteroatoms. The lowest BCUT2D eigenvalue weighted by Gasteiger charge is -2.14. The van der Waals surface area contributed by atoms with Gasteiger partial charge in [0.15, 0.2) is 12.7 Å². The Balaban J connectivity index is 1.55. The monoisotopic (exact) mass is 426 g/mol. The molecule has 0 aliphatic carbocycles. The molecule has 0 aliphatic heterocycles. The number of aromatic nitrogens is 2. The number of rotatable bonds is 8. The first kappa shape index (κ1) is 21.4. The molecule has 1 heterocycles. The minimum absolute atomic E-state index is 0.0127. The number of nitrogens with one attached hydrogen (secondary N) is 1. The van der Waals surface area contributed by atoms with Crippen molar-refractivity contribution in [2.45, 2.75) is 26.6 Å². The van der Waals surface area contributed by atoms with Crippen LogP contribution in [-0.2, 0) is 16.1 Å². The summed E-state index contributed by atoms with van der Waals surface area (Å²) in [5.41, 5.74) is -0.0484. The number of benzene rings is 2. The number of nitro groups is 1. The van der Waals surface area contributed by atoms with Gasteiger partial charge in [0.1, 0.15) is 11.4 Å². The molecular weight excluding hydrogens is 408 g/mol. The highest BCUT2D eigenvalue weighted by Gasteiger charge is 2.22. The van der Waals surface area contributed by atoms with Gasteiger partial charge >= 0.3 is 5.97 Å². The molecule has 1 aromatic heterocycles. The lowest BCUT2D eigenvalue weighted by Crippen LogP contribution is -2.30. The number of hydrogen-bond acceptors (Lipinski definition) is 9. The van der Waals surface area contributed by atoms with Crippen molar-refractivity contribution in [3.05, 3.63) is 75.9 Å². The van der Waals surface area contributed by atoms with Gasteiger partial charge in [-0.2, -0.15) is 4.98 Å². The van der Waals surface area contributed by atoms with Crippen LogP contribution in [0.15, 0.2) is 53.1 Å². The maximum Gasteiger partial charge on any atom is 0.338 e. The third kappa shape index (κ3) is 5.63. The van der Waals surface area contributed by atoms with Crippen molar-refractivity contribution in [1.82, 2.24) is 10.1 Å². The van der Waals surface area contributed by atoms with Crippen LogP contribution in [0.2, 0.25) is 0 Å². The first-order valence-electron chi connectivity index (χ1n) is 9.11. The number of ether oxygens (including phenoxy) is 2. The first-order chi connectivity index (χ1) is 14.8. The Morgan fingerprint density at radius 1 is 1.19 bits per heavy atom. The number of nitro benzene ring substituents is 1. The van der Waals surface area contributed by atoms with Crippen molar-refractivity contribution in [3.63, 3.8) is 0 Å². The summed E-state index contributed by atoms with van der Waals surface area (Å²) in [6, 6.07) is 11.7. The Morgan fingerprint density at radius 2 is 1.90 bits per heavy atom. The van der Waals surface area contributed by atoms with E-state index < -0.39 is 22.9 Å². The molecule has 0 bridgehead atoms. The van der Waals surface area contributed by atoms with Gasteiger partial charge in [0.2, 0.25) is 11.7 Å². The van der Waals surface area contributed by atoms with Crippen LogP contribution in [-0.4, -0.2) is 33.0 Å². The highest BCUT2D eigenvalue weighted by atomic mass is 16.6. The summed E-state index contributed by atoms with van der Waals surface area (Å²) in [6.45, 7) is 3.13. The van der Waals surface area contributed by atoms with Crippen LogP contribution in [0.4, 0.5) is 11.4 Å². The van der Waals surface area contributed by atoms with Gasteiger partial charge in [-0.05, 0) is 37.3 Å². The van der Waals surface area contributed by atoms with E-state index in [-0.39, 0.29) is 23.5 Å². The molecule has 3 aromatic rings. The molecule has 3 rings (SSSR count). The van der Waals surface area contributed by atoms with E-state index in [4.69, 9.17) is 14.0 Å². The molecule has 0 fully saturated rings. The van der Waals surface area contributed by atoms with Crippen molar-refractivity contribution in [2.75, 3.05) is 5.32 Å². The van der Waals surface area contributed by atoms with Crippen LogP contribution >= 0.6 is 0 Å². The second-order valence-corrected chi connectivity index (χ2v) is 6.35. The van der Waals surface area contributed by atoms with Crippen molar-refractivity contribution >= 4 is 23.3 Å². The summed E-state index contributed by atoms with van der Waals surface area (Å²) >= 11 is 0. The molecule has 1 unspecified atom stereocenters. The van der Waals surface area contributed by atoms with Gasteiger partial charge in [0.25, 0.3) is 11.6 Å². The largest absolute Gasteiger partial charge is 0.485 e. The van der Waals surface area contributed by atoms with Gasteiger partial charge < -0.3 is 19.3 Å². The zero-order valence-corrected chi connectivity index (χ0v) is 16.6. The Hall–Kier alpha value is -4.28. The molecule has 0 radical (unpaired) electrons. The highest BCUT2D eigenvalue weighted by Crippen LogP contribution is 2.23. The molecule has 1 N–H and O–H groups in total. The molecule has 31 heavy (non-hydrogen) atoms. The molecule has 0 aliphatic rings. The maximum absolute atomic E-state index is 12.3. The van der Waals surface area contributed by atoms with Crippen LogP contribution in [0.1, 0.15) is 29.0 Å². The molecule has 2 aromatic carbocycles. The van der Waals surface area contributed by atoms with E-state index in [2.05, 4.69) is 15.5 Å². The predicted octanol–water partition coefficient (Wildman–Crippen LogP) is 3.05. The van der Waals surface area contributed by atoms with Crippen LogP contribution in [0.3, 0.4) is 0 Å². The second-order valence-electron chi connectivity index (χ2n) is 6.35. The average molecular weight is 426 g/mol. The third-order valence-electron chi connectivity index (χ3n) is 4.04. The van der Waals surface area contributed by atoms with Crippen LogP contribution in [0.5, 0.6) is 5.75 Å². The Kier molecular flexibility index (Phi) is 6.55. The lowest BCUT2D eigenvalue weighted by molar-refractivity contribution is -0.383. The van der Waals surface area contributed by atoms with Crippen LogP contribution in [0.25, 0.3) is 0 Å². The van der Waals surface area contributed by atoms with E-state index in [9.17, 15) is 19.7 Å². The lowest BCUT2D eigenvalue weighted by atomic mass is 10.2. The van der Waals surface area contributed by atoms with E-state index in [0.717, 1.165) is 0 Å². The number of carbonyl (C=O) groups is 2. The predicted molar refractivity (Wildman–Crippen MR) is 106 cm³/mol. The summed E-state index contributed by atoms with van der Waals surface area (Å²) in [7, 11) is 0. The summed E-state index contributed by atoms with van der Waals surface area (Å²) in [5, 5.41) is 17.1. The topological polar surface area (TPSA) is 147 Å². The van der Waals surface area contributed by atoms with Crippen molar-refractivity contribution in [1.29, 1.82) is 0 Å². The summed E-state index contributed by atoms with van der Waals surface area (Å²) in [5.74, 6) is -0.138. The molecular formula is C20H18N4O7.